The standard InChI is InChI=1S/C76H63N3/c1-3-76(2)73-28-16-15-27-71(73)72-53-52-69(54-74(72)76)78(64-42-32-56(33-43-64)31-30-55-18-7-4-8-19-55)66-46-36-58(37-47-66)60-40-50-68(51-41-60)79(75-29-17-21-61-20-13-14-26-70(61)75)67-48-38-59(39-49-67)57-34-44-65(45-35-57)77(62-22-9-5-10-23-62)63-24-11-6-12-25-63/h4-32,34-40,42-50,52-54,56H,3,33,41,51H2,1-2H3/b31-30-. The fourth-order valence-electron chi connectivity index (χ4n) is 12.2. The Labute approximate surface area is 466 Å². The van der Waals surface area contributed by atoms with Crippen LogP contribution in [0.4, 0.5) is 39.8 Å². The second-order valence-corrected chi connectivity index (χ2v) is 21.3. The van der Waals surface area contributed by atoms with Crippen LogP contribution >= 0.6 is 0 Å². The van der Waals surface area contributed by atoms with Gasteiger partial charge in [0.1, 0.15) is 0 Å². The number of hydrogen-bond acceptors (Lipinski definition) is 3. The van der Waals surface area contributed by atoms with Gasteiger partial charge in [0.2, 0.25) is 0 Å². The Kier molecular flexibility index (Phi) is 13.4. The van der Waals surface area contributed by atoms with Crippen molar-refractivity contribution in [2.24, 2.45) is 5.92 Å². The minimum atomic E-state index is -0.0589. The van der Waals surface area contributed by atoms with Gasteiger partial charge in [0.05, 0.1) is 5.69 Å². The highest BCUT2D eigenvalue weighted by Crippen LogP contribution is 2.52. The smallest absolute Gasteiger partial charge is 0.0536 e. The van der Waals surface area contributed by atoms with Crippen LogP contribution in [0.25, 0.3) is 44.7 Å². The van der Waals surface area contributed by atoms with Crippen LogP contribution in [0.1, 0.15) is 61.8 Å². The van der Waals surface area contributed by atoms with Crippen molar-refractivity contribution in [1.29, 1.82) is 0 Å². The highest BCUT2D eigenvalue weighted by atomic mass is 15.2. The number of benzene rings is 10. The molecule has 0 aromatic heterocycles. The molecule has 0 heterocycles. The van der Waals surface area contributed by atoms with Crippen molar-refractivity contribution in [2.45, 2.75) is 44.9 Å². The molecule has 0 aliphatic heterocycles. The Hall–Kier alpha value is -9.44. The first kappa shape index (κ1) is 49.2. The molecule has 0 bridgehead atoms. The fraction of sp³-hybridized carbons (Fsp3) is 0.105. The molecule has 10 aromatic rings. The summed E-state index contributed by atoms with van der Waals surface area (Å²) in [4.78, 5) is 7.26. The summed E-state index contributed by atoms with van der Waals surface area (Å²) in [5.74, 6) is 0.333. The van der Waals surface area contributed by atoms with Gasteiger partial charge in [-0.1, -0.05) is 214 Å². The van der Waals surface area contributed by atoms with Crippen molar-refractivity contribution in [1.82, 2.24) is 0 Å². The second kappa shape index (κ2) is 21.5. The van der Waals surface area contributed by atoms with Gasteiger partial charge in [0.25, 0.3) is 0 Å². The zero-order valence-electron chi connectivity index (χ0n) is 45.0. The Bertz CT molecular complexity index is 3920. The molecule has 382 valence electrons. The molecule has 2 unspecified atom stereocenters. The molecule has 79 heavy (non-hydrogen) atoms. The zero-order chi connectivity index (χ0) is 53.1. The molecule has 0 saturated heterocycles. The molecule has 0 N–H and O–H groups in total. The van der Waals surface area contributed by atoms with Crippen LogP contribution in [0, 0.1) is 5.92 Å². The van der Waals surface area contributed by atoms with Gasteiger partial charge in [-0.2, -0.15) is 0 Å². The maximum atomic E-state index is 2.48. The molecular formula is C76H63N3. The van der Waals surface area contributed by atoms with E-state index in [1.54, 1.807) is 0 Å². The lowest BCUT2D eigenvalue weighted by Gasteiger charge is -2.32. The first-order valence-electron chi connectivity index (χ1n) is 28.0. The van der Waals surface area contributed by atoms with Crippen LogP contribution in [-0.2, 0) is 5.41 Å². The van der Waals surface area contributed by atoms with E-state index in [1.165, 1.54) is 83.6 Å². The molecule has 3 heteroatoms. The number of nitrogens with zero attached hydrogens (tertiary/aromatic N) is 3. The number of rotatable bonds is 14. The van der Waals surface area contributed by atoms with Gasteiger partial charge < -0.3 is 14.7 Å². The van der Waals surface area contributed by atoms with E-state index in [2.05, 4.69) is 320 Å². The molecular weight excluding hydrogens is 955 g/mol. The van der Waals surface area contributed by atoms with E-state index >= 15 is 0 Å². The summed E-state index contributed by atoms with van der Waals surface area (Å²) in [6.45, 7) is 4.75. The van der Waals surface area contributed by atoms with E-state index in [0.717, 1.165) is 54.1 Å². The summed E-state index contributed by atoms with van der Waals surface area (Å²) < 4.78 is 0. The van der Waals surface area contributed by atoms with Crippen molar-refractivity contribution >= 4 is 62.2 Å². The minimum Gasteiger partial charge on any atom is -0.314 e. The van der Waals surface area contributed by atoms with Gasteiger partial charge >= 0.3 is 0 Å². The number of hydrogen-bond donors (Lipinski definition) is 0. The second-order valence-electron chi connectivity index (χ2n) is 21.3. The number of fused-ring (bicyclic) bond motifs is 4. The first-order chi connectivity index (χ1) is 39.0. The third-order valence-electron chi connectivity index (χ3n) is 16.6. The summed E-state index contributed by atoms with van der Waals surface area (Å²) >= 11 is 0. The highest BCUT2D eigenvalue weighted by molar-refractivity contribution is 5.97. The summed E-state index contributed by atoms with van der Waals surface area (Å²) in [5, 5.41) is 2.46. The van der Waals surface area contributed by atoms with E-state index in [1.807, 2.05) is 0 Å². The fourth-order valence-corrected chi connectivity index (χ4v) is 12.2. The third kappa shape index (κ3) is 9.63. The van der Waals surface area contributed by atoms with Crippen LogP contribution in [0.15, 0.2) is 297 Å². The minimum absolute atomic E-state index is 0.0589. The summed E-state index contributed by atoms with van der Waals surface area (Å²) in [7, 11) is 0. The van der Waals surface area contributed by atoms with Crippen LogP contribution < -0.4 is 14.7 Å². The molecule has 10 aromatic carbocycles. The van der Waals surface area contributed by atoms with Gasteiger partial charge in [-0.25, -0.2) is 0 Å². The molecule has 2 atom stereocenters. The lowest BCUT2D eigenvalue weighted by atomic mass is 9.78. The molecule has 3 aliphatic rings. The van der Waals surface area contributed by atoms with Gasteiger partial charge in [0.15, 0.2) is 0 Å². The molecule has 3 nitrogen and oxygen atoms in total. The van der Waals surface area contributed by atoms with Gasteiger partial charge in [-0.15, -0.1) is 0 Å². The average Bonchev–Trinajstić information content (AvgIpc) is 4.06. The number of anilines is 7. The Morgan fingerprint density at radius 2 is 1.03 bits per heavy atom. The summed E-state index contributed by atoms with van der Waals surface area (Å²) in [6.07, 6.45) is 20.2. The van der Waals surface area contributed by atoms with Gasteiger partial charge in [-0.05, 0) is 178 Å². The lowest BCUT2D eigenvalue weighted by Crippen LogP contribution is -2.21. The van der Waals surface area contributed by atoms with Crippen LogP contribution in [0.2, 0.25) is 0 Å². The van der Waals surface area contributed by atoms with Crippen LogP contribution in [0.5, 0.6) is 0 Å². The molecule has 0 radical (unpaired) electrons. The lowest BCUT2D eigenvalue weighted by molar-refractivity contribution is 0.564. The maximum Gasteiger partial charge on any atom is 0.0536 e. The molecule has 0 spiro atoms. The Morgan fingerprint density at radius 3 is 1.67 bits per heavy atom. The SMILES string of the molecule is CCC1(C)c2ccccc2-c2ccc(N(C3=CCC(/C=C\c4ccccc4)C=C3)c3ccc(C4=CC=C(N(c5ccc(-c6ccc(N(c7ccccc7)c7ccccc7)cc6)cc5)c5cccc6ccccc56)CC4)cc3)cc21. The van der Waals surface area contributed by atoms with Crippen LogP contribution in [0.3, 0.4) is 0 Å². The predicted molar refractivity (Wildman–Crippen MR) is 336 cm³/mol. The van der Waals surface area contributed by atoms with Crippen molar-refractivity contribution < 1.29 is 0 Å². The van der Waals surface area contributed by atoms with E-state index in [9.17, 15) is 0 Å². The molecule has 0 amide bonds. The third-order valence-corrected chi connectivity index (χ3v) is 16.6. The van der Waals surface area contributed by atoms with E-state index in [0.29, 0.717) is 5.92 Å². The zero-order valence-corrected chi connectivity index (χ0v) is 45.0. The quantitative estimate of drug-likeness (QED) is 0.107. The topological polar surface area (TPSA) is 9.72 Å². The molecule has 13 rings (SSSR count). The van der Waals surface area contributed by atoms with E-state index in [4.69, 9.17) is 0 Å². The van der Waals surface area contributed by atoms with E-state index in [-0.39, 0.29) is 5.41 Å². The normalized spacial score (nSPS) is 16.4. The highest BCUT2D eigenvalue weighted by Gasteiger charge is 2.38. The molecule has 0 saturated carbocycles. The van der Waals surface area contributed by atoms with Crippen LogP contribution in [-0.4, -0.2) is 0 Å². The van der Waals surface area contributed by atoms with E-state index < -0.39 is 0 Å². The average molecular weight is 1020 g/mol. The van der Waals surface area contributed by atoms with Crippen molar-refractivity contribution in [3.8, 4) is 22.3 Å². The summed E-state index contributed by atoms with van der Waals surface area (Å²) in [6, 6.07) is 90.7. The van der Waals surface area contributed by atoms with Crippen molar-refractivity contribution in [2.75, 3.05) is 14.7 Å². The van der Waals surface area contributed by atoms with Gasteiger partial charge in [0, 0.05) is 56.3 Å². The van der Waals surface area contributed by atoms with Crippen molar-refractivity contribution in [3.05, 3.63) is 319 Å². The van der Waals surface area contributed by atoms with Gasteiger partial charge in [-0.3, -0.25) is 0 Å². The number of para-hydroxylation sites is 2. The number of allylic oxidation sites excluding steroid dienone is 8. The predicted octanol–water partition coefficient (Wildman–Crippen LogP) is 20.9. The first-order valence-corrected chi connectivity index (χ1v) is 28.0. The van der Waals surface area contributed by atoms with Crippen molar-refractivity contribution in [3.63, 3.8) is 0 Å². The summed E-state index contributed by atoms with van der Waals surface area (Å²) in [5.41, 5.74) is 22.2. The molecule has 3 aliphatic carbocycles. The maximum absolute atomic E-state index is 2.48. The Balaban J connectivity index is 0.803. The Morgan fingerprint density at radius 1 is 0.468 bits per heavy atom. The largest absolute Gasteiger partial charge is 0.314 e. The monoisotopic (exact) mass is 1020 g/mol. The molecule has 0 fully saturated rings.